The van der Waals surface area contributed by atoms with Gasteiger partial charge < -0.3 is 11.1 Å². The van der Waals surface area contributed by atoms with Crippen molar-refractivity contribution in [3.8, 4) is 0 Å². The molecule has 1 aromatic heterocycles. The van der Waals surface area contributed by atoms with Gasteiger partial charge in [0.25, 0.3) is 0 Å². The van der Waals surface area contributed by atoms with Gasteiger partial charge in [-0.05, 0) is 6.92 Å². The minimum atomic E-state index is -0.789. The molecule has 0 amide bonds. The van der Waals surface area contributed by atoms with Crippen LogP contribution in [-0.2, 0) is 0 Å². The van der Waals surface area contributed by atoms with Gasteiger partial charge in [0, 0.05) is 6.54 Å². The molecule has 0 atom stereocenters. The van der Waals surface area contributed by atoms with Crippen molar-refractivity contribution in [3.05, 3.63) is 5.82 Å². The highest BCUT2D eigenvalue weighted by Gasteiger charge is 2.10. The van der Waals surface area contributed by atoms with E-state index in [-0.39, 0.29) is 11.8 Å². The van der Waals surface area contributed by atoms with Crippen LogP contribution in [0, 0.1) is 0 Å². The fourth-order valence-corrected chi connectivity index (χ4v) is 0.939. The molecule has 0 aliphatic rings. The number of rotatable bonds is 3. The molecule has 0 radical (unpaired) electrons. The lowest BCUT2D eigenvalue weighted by Crippen LogP contribution is -2.09. The van der Waals surface area contributed by atoms with Crippen molar-refractivity contribution in [2.45, 2.75) is 11.8 Å². The van der Waals surface area contributed by atoms with Crippen LogP contribution < -0.4 is 11.1 Å². The first-order valence-electron chi connectivity index (χ1n) is 3.67. The summed E-state index contributed by atoms with van der Waals surface area (Å²) in [5.74, 6) is 0.746. The van der Waals surface area contributed by atoms with Crippen LogP contribution >= 0.6 is 23.2 Å². The molecule has 7 heteroatoms. The second-order valence-electron chi connectivity index (χ2n) is 2.21. The van der Waals surface area contributed by atoms with E-state index in [4.69, 9.17) is 28.9 Å². The maximum Gasteiger partial charge on any atom is 0.227 e. The highest BCUT2D eigenvalue weighted by Crippen LogP contribution is 2.21. The molecule has 5 nitrogen and oxygen atoms in total. The molecule has 0 bridgehead atoms. The number of nitrogen functional groups attached to an aromatic ring is 1. The molecule has 1 rings (SSSR count). The number of nitrogens with two attached hydrogens (primary N) is 1. The van der Waals surface area contributed by atoms with E-state index >= 15 is 0 Å². The Morgan fingerprint density at radius 2 is 2.08 bits per heavy atom. The van der Waals surface area contributed by atoms with Crippen molar-refractivity contribution in [1.82, 2.24) is 15.0 Å². The Bertz CT molecular complexity index is 290. The fraction of sp³-hybridized carbons (Fsp3) is 0.500. The maximum atomic E-state index is 5.58. The summed E-state index contributed by atoms with van der Waals surface area (Å²) in [4.78, 5) is 10.8. The quantitative estimate of drug-likeness (QED) is 0.755. The minimum absolute atomic E-state index is 0.104. The molecule has 13 heavy (non-hydrogen) atoms. The second-order valence-corrected chi connectivity index (χ2v) is 3.30. The van der Waals surface area contributed by atoms with Gasteiger partial charge in [0.05, 0.1) is 0 Å². The van der Waals surface area contributed by atoms with Crippen LogP contribution in [0.2, 0.25) is 0 Å². The highest BCUT2D eigenvalue weighted by molar-refractivity contribution is 6.43. The Morgan fingerprint density at radius 3 is 2.62 bits per heavy atom. The van der Waals surface area contributed by atoms with E-state index in [0.717, 1.165) is 0 Å². The zero-order valence-corrected chi connectivity index (χ0v) is 8.47. The predicted octanol–water partition coefficient (Wildman–Crippen LogP) is 1.36. The third-order valence-electron chi connectivity index (χ3n) is 1.20. The molecular weight excluding hydrogens is 213 g/mol. The van der Waals surface area contributed by atoms with Crippen LogP contribution in [-0.4, -0.2) is 21.5 Å². The Labute approximate surface area is 85.7 Å². The van der Waals surface area contributed by atoms with Crippen molar-refractivity contribution >= 4 is 35.1 Å². The van der Waals surface area contributed by atoms with Gasteiger partial charge in [0.1, 0.15) is 0 Å². The summed E-state index contributed by atoms with van der Waals surface area (Å²) in [5, 5.41) is 2.88. The first-order valence-corrected chi connectivity index (χ1v) is 4.54. The largest absolute Gasteiger partial charge is 0.368 e. The third-order valence-corrected chi connectivity index (χ3v) is 1.59. The normalized spacial score (nSPS) is 10.5. The Kier molecular flexibility index (Phi) is 3.50. The second kappa shape index (κ2) is 4.43. The molecule has 0 aromatic carbocycles. The van der Waals surface area contributed by atoms with E-state index in [9.17, 15) is 0 Å². The van der Waals surface area contributed by atoms with Crippen molar-refractivity contribution in [2.75, 3.05) is 17.6 Å². The van der Waals surface area contributed by atoms with E-state index in [0.29, 0.717) is 12.5 Å². The summed E-state index contributed by atoms with van der Waals surface area (Å²) in [7, 11) is 0. The molecule has 3 N–H and O–H groups in total. The maximum absolute atomic E-state index is 5.58. The molecule has 0 saturated carbocycles. The number of alkyl halides is 2. The molecule has 0 aliphatic carbocycles. The van der Waals surface area contributed by atoms with Crippen molar-refractivity contribution in [2.24, 2.45) is 0 Å². The van der Waals surface area contributed by atoms with Crippen LogP contribution in [0.5, 0.6) is 0 Å². The Morgan fingerprint density at radius 1 is 1.38 bits per heavy atom. The van der Waals surface area contributed by atoms with Crippen LogP contribution in [0.15, 0.2) is 0 Å². The van der Waals surface area contributed by atoms with Crippen molar-refractivity contribution < 1.29 is 0 Å². The zero-order valence-electron chi connectivity index (χ0n) is 6.96. The minimum Gasteiger partial charge on any atom is -0.368 e. The molecule has 1 heterocycles. The van der Waals surface area contributed by atoms with Gasteiger partial charge in [0.15, 0.2) is 10.7 Å². The van der Waals surface area contributed by atoms with E-state index in [1.165, 1.54) is 0 Å². The van der Waals surface area contributed by atoms with E-state index in [1.807, 2.05) is 6.92 Å². The molecule has 1 aromatic rings. The standard InChI is InChI=1S/C6H9Cl2N5/c1-2-10-6-12-4(3(7)8)11-5(9)13-6/h3H,2H2,1H3,(H3,9,10,11,12,13). The summed E-state index contributed by atoms with van der Waals surface area (Å²) in [5.41, 5.74) is 5.41. The fourth-order valence-electron chi connectivity index (χ4n) is 0.744. The van der Waals surface area contributed by atoms with Gasteiger partial charge in [-0.15, -0.1) is 0 Å². The molecule has 0 saturated heterocycles. The van der Waals surface area contributed by atoms with Gasteiger partial charge in [-0.2, -0.15) is 15.0 Å². The molecule has 0 fully saturated rings. The average molecular weight is 222 g/mol. The molecular formula is C6H9Cl2N5. The van der Waals surface area contributed by atoms with Crippen LogP contribution in [0.3, 0.4) is 0 Å². The monoisotopic (exact) mass is 221 g/mol. The number of nitrogens with zero attached hydrogens (tertiary/aromatic N) is 3. The summed E-state index contributed by atoms with van der Waals surface area (Å²) in [6.45, 7) is 2.61. The van der Waals surface area contributed by atoms with Crippen molar-refractivity contribution in [1.29, 1.82) is 0 Å². The summed E-state index contributed by atoms with van der Waals surface area (Å²) in [6.07, 6.45) is 0. The SMILES string of the molecule is CCNc1nc(N)nc(C(Cl)Cl)n1. The lowest BCUT2D eigenvalue weighted by molar-refractivity contribution is 0.949. The number of anilines is 2. The number of nitrogens with one attached hydrogen (secondary N) is 1. The van der Waals surface area contributed by atoms with Gasteiger partial charge in [-0.3, -0.25) is 0 Å². The van der Waals surface area contributed by atoms with E-state index < -0.39 is 4.84 Å². The highest BCUT2D eigenvalue weighted by atomic mass is 35.5. The van der Waals surface area contributed by atoms with E-state index in [2.05, 4.69) is 20.3 Å². The lowest BCUT2D eigenvalue weighted by atomic mass is 10.6. The van der Waals surface area contributed by atoms with E-state index in [1.54, 1.807) is 0 Å². The number of halogens is 2. The average Bonchev–Trinajstić information content (AvgIpc) is 2.03. The zero-order chi connectivity index (χ0) is 9.84. The summed E-state index contributed by atoms with van der Waals surface area (Å²) >= 11 is 11.2. The van der Waals surface area contributed by atoms with Gasteiger partial charge in [-0.25, -0.2) is 0 Å². The Hall–Kier alpha value is -0.810. The molecule has 0 unspecified atom stereocenters. The summed E-state index contributed by atoms with van der Waals surface area (Å²) < 4.78 is 0. The van der Waals surface area contributed by atoms with Crippen LogP contribution in [0.25, 0.3) is 0 Å². The van der Waals surface area contributed by atoms with Crippen LogP contribution in [0.4, 0.5) is 11.9 Å². The Balaban J connectivity index is 2.96. The van der Waals surface area contributed by atoms with Crippen molar-refractivity contribution in [3.63, 3.8) is 0 Å². The smallest absolute Gasteiger partial charge is 0.227 e. The first kappa shape index (κ1) is 10.3. The van der Waals surface area contributed by atoms with Crippen LogP contribution in [0.1, 0.15) is 17.6 Å². The number of aromatic nitrogens is 3. The summed E-state index contributed by atoms with van der Waals surface area (Å²) in [6, 6.07) is 0. The lowest BCUT2D eigenvalue weighted by Gasteiger charge is -2.04. The van der Waals surface area contributed by atoms with Gasteiger partial charge in [0.2, 0.25) is 11.9 Å². The van der Waals surface area contributed by atoms with Gasteiger partial charge in [-0.1, -0.05) is 23.2 Å². The molecule has 0 spiro atoms. The van der Waals surface area contributed by atoms with Gasteiger partial charge >= 0.3 is 0 Å². The molecule has 72 valence electrons. The molecule has 0 aliphatic heterocycles. The predicted molar refractivity (Wildman–Crippen MR) is 52.9 cm³/mol. The third kappa shape index (κ3) is 2.86. The number of hydrogen-bond acceptors (Lipinski definition) is 5. The first-order chi connectivity index (χ1) is 6.13. The topological polar surface area (TPSA) is 76.7 Å². The number of hydrogen-bond donors (Lipinski definition) is 2.